The summed E-state index contributed by atoms with van der Waals surface area (Å²) in [6, 6.07) is 7.76. The van der Waals surface area contributed by atoms with Gasteiger partial charge in [0.2, 0.25) is 0 Å². The van der Waals surface area contributed by atoms with Crippen LogP contribution in [-0.4, -0.2) is 25.0 Å². The lowest BCUT2D eigenvalue weighted by atomic mass is 10.2. The Morgan fingerprint density at radius 3 is 2.61 bits per heavy atom. The molecule has 0 aromatic heterocycles. The minimum atomic E-state index is -2.96. The van der Waals surface area contributed by atoms with E-state index >= 15 is 0 Å². The number of benzene rings is 1. The second-order valence-corrected chi connectivity index (χ2v) is 6.70. The van der Waals surface area contributed by atoms with Crippen molar-refractivity contribution in [2.45, 2.75) is 6.92 Å². The number of thiocarbonyl (C=S) groups is 1. The van der Waals surface area contributed by atoms with Gasteiger partial charge in [0.15, 0.2) is 14.9 Å². The number of hydrogen-bond acceptors (Lipinski definition) is 3. The molecule has 0 bridgehead atoms. The van der Waals surface area contributed by atoms with Crippen molar-refractivity contribution in [1.29, 1.82) is 0 Å². The van der Waals surface area contributed by atoms with Gasteiger partial charge in [-0.1, -0.05) is 18.2 Å². The van der Waals surface area contributed by atoms with Gasteiger partial charge >= 0.3 is 0 Å². The van der Waals surface area contributed by atoms with Crippen molar-refractivity contribution in [1.82, 2.24) is 5.32 Å². The second kappa shape index (κ2) is 5.07. The van der Waals surface area contributed by atoms with Gasteiger partial charge in [0.1, 0.15) is 0 Å². The fourth-order valence-corrected chi connectivity index (χ4v) is 3.16. The molecule has 0 radical (unpaired) electrons. The van der Waals surface area contributed by atoms with Crippen molar-refractivity contribution < 1.29 is 8.42 Å². The van der Waals surface area contributed by atoms with Crippen molar-refractivity contribution in [3.05, 3.63) is 41.6 Å². The van der Waals surface area contributed by atoms with Gasteiger partial charge in [-0.2, -0.15) is 0 Å². The van der Waals surface area contributed by atoms with E-state index < -0.39 is 9.84 Å². The van der Waals surface area contributed by atoms with Crippen LogP contribution < -0.4 is 10.6 Å². The molecule has 0 saturated heterocycles. The summed E-state index contributed by atoms with van der Waals surface area (Å²) >= 11 is 5.15. The van der Waals surface area contributed by atoms with Crippen LogP contribution in [0.2, 0.25) is 0 Å². The van der Waals surface area contributed by atoms with Gasteiger partial charge in [0.05, 0.1) is 11.5 Å². The molecule has 6 heteroatoms. The van der Waals surface area contributed by atoms with Gasteiger partial charge in [-0.3, -0.25) is 0 Å². The van der Waals surface area contributed by atoms with Crippen LogP contribution in [0.5, 0.6) is 0 Å². The van der Waals surface area contributed by atoms with Crippen molar-refractivity contribution in [3.8, 4) is 0 Å². The number of nitrogens with one attached hydrogen (secondary N) is 2. The highest BCUT2D eigenvalue weighted by molar-refractivity contribution is 7.92. The highest BCUT2D eigenvalue weighted by Crippen LogP contribution is 2.14. The molecule has 0 spiro atoms. The lowest BCUT2D eigenvalue weighted by molar-refractivity contribution is 0.603. The Balaban J connectivity index is 1.97. The minimum absolute atomic E-state index is 0.0303. The predicted octanol–water partition coefficient (Wildman–Crippen LogP) is 1.59. The maximum absolute atomic E-state index is 11.3. The predicted molar refractivity (Wildman–Crippen MR) is 77.3 cm³/mol. The third-order valence-electron chi connectivity index (χ3n) is 2.63. The molecule has 1 heterocycles. The Hall–Kier alpha value is -1.40. The first-order chi connectivity index (χ1) is 8.46. The van der Waals surface area contributed by atoms with E-state index in [4.69, 9.17) is 12.2 Å². The zero-order valence-corrected chi connectivity index (χ0v) is 11.6. The zero-order valence-electron chi connectivity index (χ0n) is 9.93. The summed E-state index contributed by atoms with van der Waals surface area (Å²) in [5.41, 5.74) is 2.63. The molecule has 18 heavy (non-hydrogen) atoms. The third-order valence-corrected chi connectivity index (χ3v) is 4.26. The van der Waals surface area contributed by atoms with E-state index in [9.17, 15) is 8.42 Å². The number of aryl methyl sites for hydroxylation is 1. The van der Waals surface area contributed by atoms with Crippen molar-refractivity contribution in [2.24, 2.45) is 0 Å². The van der Waals surface area contributed by atoms with E-state index in [-0.39, 0.29) is 11.5 Å². The van der Waals surface area contributed by atoms with E-state index in [0.29, 0.717) is 10.8 Å². The summed E-state index contributed by atoms with van der Waals surface area (Å²) in [6.07, 6.45) is 1.65. The molecule has 0 amide bonds. The van der Waals surface area contributed by atoms with E-state index in [1.54, 1.807) is 6.08 Å². The number of anilines is 1. The molecule has 0 fully saturated rings. The second-order valence-electron chi connectivity index (χ2n) is 4.18. The highest BCUT2D eigenvalue weighted by atomic mass is 32.2. The lowest BCUT2D eigenvalue weighted by Gasteiger charge is -2.12. The van der Waals surface area contributed by atoms with Gasteiger partial charge in [-0.25, -0.2) is 8.42 Å². The Kier molecular flexibility index (Phi) is 3.68. The smallest absolute Gasteiger partial charge is 0.175 e. The SMILES string of the molecule is Cc1ccccc1NC(=S)NC1=CCS(=O)(=O)C1. The Morgan fingerprint density at radius 1 is 1.28 bits per heavy atom. The van der Waals surface area contributed by atoms with Crippen LogP contribution in [0.15, 0.2) is 36.0 Å². The molecular formula is C12H14N2O2S2. The van der Waals surface area contributed by atoms with E-state index in [1.807, 2.05) is 31.2 Å². The molecule has 0 unspecified atom stereocenters. The van der Waals surface area contributed by atoms with Crippen LogP contribution in [0.4, 0.5) is 5.69 Å². The lowest BCUT2D eigenvalue weighted by Crippen LogP contribution is -2.29. The molecule has 4 nitrogen and oxygen atoms in total. The summed E-state index contributed by atoms with van der Waals surface area (Å²) in [7, 11) is -2.96. The standard InChI is InChI=1S/C12H14N2O2S2/c1-9-4-2-3-5-11(9)14-12(17)13-10-6-7-18(15,16)8-10/h2-6H,7-8H2,1H3,(H2,13,14,17). The van der Waals surface area contributed by atoms with Crippen molar-refractivity contribution in [2.75, 3.05) is 16.8 Å². The Bertz CT molecular complexity index is 606. The van der Waals surface area contributed by atoms with Crippen LogP contribution >= 0.6 is 12.2 Å². The van der Waals surface area contributed by atoms with E-state index in [1.165, 1.54) is 0 Å². The molecule has 0 saturated carbocycles. The largest absolute Gasteiger partial charge is 0.335 e. The number of hydrogen-bond donors (Lipinski definition) is 2. The summed E-state index contributed by atoms with van der Waals surface area (Å²) in [5.74, 6) is 0.116. The summed E-state index contributed by atoms with van der Waals surface area (Å²) < 4.78 is 22.6. The van der Waals surface area contributed by atoms with Crippen LogP contribution in [0.1, 0.15) is 5.56 Å². The monoisotopic (exact) mass is 282 g/mol. The minimum Gasteiger partial charge on any atom is -0.335 e. The topological polar surface area (TPSA) is 58.2 Å². The van der Waals surface area contributed by atoms with Gasteiger partial charge < -0.3 is 10.6 Å². The van der Waals surface area contributed by atoms with Crippen LogP contribution in [-0.2, 0) is 9.84 Å². The van der Waals surface area contributed by atoms with E-state index in [2.05, 4.69) is 10.6 Å². The summed E-state index contributed by atoms with van der Waals surface area (Å²) in [4.78, 5) is 0. The molecule has 2 N–H and O–H groups in total. The molecule has 0 atom stereocenters. The number of para-hydroxylation sites is 1. The van der Waals surface area contributed by atoms with Gasteiger partial charge in [-0.15, -0.1) is 0 Å². The molecular weight excluding hydrogens is 268 g/mol. The molecule has 1 aliphatic rings. The molecule has 1 aromatic carbocycles. The third kappa shape index (κ3) is 3.30. The maximum atomic E-state index is 11.3. The van der Waals surface area contributed by atoms with Crippen molar-refractivity contribution >= 4 is 32.9 Å². The normalized spacial score (nSPS) is 17.1. The Labute approximate surface area is 112 Å². The van der Waals surface area contributed by atoms with Gasteiger partial charge in [0.25, 0.3) is 0 Å². The molecule has 1 aromatic rings. The van der Waals surface area contributed by atoms with E-state index in [0.717, 1.165) is 11.3 Å². The summed E-state index contributed by atoms with van der Waals surface area (Å²) in [6.45, 7) is 1.98. The van der Waals surface area contributed by atoms with Crippen LogP contribution in [0.3, 0.4) is 0 Å². The molecule has 1 aliphatic heterocycles. The van der Waals surface area contributed by atoms with Gasteiger partial charge in [0, 0.05) is 11.4 Å². The zero-order chi connectivity index (χ0) is 13.2. The van der Waals surface area contributed by atoms with Crippen LogP contribution in [0, 0.1) is 6.92 Å². The first-order valence-electron chi connectivity index (χ1n) is 5.49. The first-order valence-corrected chi connectivity index (χ1v) is 7.72. The number of sulfone groups is 1. The summed E-state index contributed by atoms with van der Waals surface area (Å²) in [5, 5.41) is 6.37. The maximum Gasteiger partial charge on any atom is 0.175 e. The fourth-order valence-electron chi connectivity index (χ4n) is 1.68. The van der Waals surface area contributed by atoms with Gasteiger partial charge in [-0.05, 0) is 36.8 Å². The van der Waals surface area contributed by atoms with Crippen LogP contribution in [0.25, 0.3) is 0 Å². The molecule has 96 valence electrons. The average Bonchev–Trinajstić information content (AvgIpc) is 2.61. The number of rotatable bonds is 2. The molecule has 2 rings (SSSR count). The average molecular weight is 282 g/mol. The highest BCUT2D eigenvalue weighted by Gasteiger charge is 2.20. The fraction of sp³-hybridized carbons (Fsp3) is 0.250. The quantitative estimate of drug-likeness (QED) is 0.807. The first kappa shape index (κ1) is 13.0. The van der Waals surface area contributed by atoms with Crippen molar-refractivity contribution in [3.63, 3.8) is 0 Å². The Morgan fingerprint density at radius 2 is 2.00 bits per heavy atom. The molecule has 0 aliphatic carbocycles.